The first-order valence-corrected chi connectivity index (χ1v) is 6.17. The largest absolute Gasteiger partial charge is 0.481 e. The van der Waals surface area contributed by atoms with Gasteiger partial charge in [-0.25, -0.2) is 0 Å². The van der Waals surface area contributed by atoms with Crippen LogP contribution in [0.1, 0.15) is 19.8 Å². The Morgan fingerprint density at radius 3 is 2.79 bits per heavy atom. The molecule has 0 aliphatic heterocycles. The Kier molecular flexibility index (Phi) is 5.57. The summed E-state index contributed by atoms with van der Waals surface area (Å²) in [7, 11) is 0. The van der Waals surface area contributed by atoms with Crippen LogP contribution in [-0.4, -0.2) is 22.5 Å². The van der Waals surface area contributed by atoms with Gasteiger partial charge < -0.3 is 10.4 Å². The summed E-state index contributed by atoms with van der Waals surface area (Å²) in [6, 6.07) is 4.20. The molecule has 1 unspecified atom stereocenters. The summed E-state index contributed by atoms with van der Waals surface area (Å²) in [5.41, 5.74) is 0.545. The van der Waals surface area contributed by atoms with Crippen LogP contribution in [0.5, 0.6) is 0 Å². The molecule has 0 aliphatic rings. The number of aliphatic carboxylic acids is 1. The molecule has 0 saturated carbocycles. The SMILES string of the molecule is CC(CCC(=O)O)CNc1ccc([N+](=O)[O-])cc1Cl. The third-order valence-corrected chi connectivity index (χ3v) is 2.97. The van der Waals surface area contributed by atoms with Crippen molar-refractivity contribution in [1.29, 1.82) is 0 Å². The van der Waals surface area contributed by atoms with Crippen LogP contribution in [-0.2, 0) is 4.79 Å². The number of hydrogen-bond acceptors (Lipinski definition) is 4. The Hall–Kier alpha value is -1.82. The molecule has 0 radical (unpaired) electrons. The molecule has 0 amide bonds. The molecule has 6 nitrogen and oxygen atoms in total. The summed E-state index contributed by atoms with van der Waals surface area (Å²) < 4.78 is 0. The molecule has 0 aliphatic carbocycles. The van der Waals surface area contributed by atoms with Crippen molar-refractivity contribution in [3.63, 3.8) is 0 Å². The Bertz CT molecular complexity index is 479. The number of nitro benzene ring substituents is 1. The number of carboxylic acid groups (broad SMARTS) is 1. The minimum Gasteiger partial charge on any atom is -0.481 e. The maximum absolute atomic E-state index is 10.6. The van der Waals surface area contributed by atoms with E-state index >= 15 is 0 Å². The molecule has 0 aromatic heterocycles. The second kappa shape index (κ2) is 6.94. The molecule has 1 atom stereocenters. The van der Waals surface area contributed by atoms with E-state index < -0.39 is 10.9 Å². The molecule has 0 spiro atoms. The van der Waals surface area contributed by atoms with Crippen molar-refractivity contribution in [3.8, 4) is 0 Å². The maximum Gasteiger partial charge on any atom is 0.303 e. The smallest absolute Gasteiger partial charge is 0.303 e. The highest BCUT2D eigenvalue weighted by Crippen LogP contribution is 2.26. The minimum absolute atomic E-state index is 0.0607. The van der Waals surface area contributed by atoms with Gasteiger partial charge in [0.05, 0.1) is 15.6 Å². The topological polar surface area (TPSA) is 92.5 Å². The van der Waals surface area contributed by atoms with Crippen LogP contribution in [0.15, 0.2) is 18.2 Å². The van der Waals surface area contributed by atoms with Crippen molar-refractivity contribution < 1.29 is 14.8 Å². The molecule has 1 aromatic rings. The van der Waals surface area contributed by atoms with E-state index in [0.29, 0.717) is 18.7 Å². The predicted molar refractivity (Wildman–Crippen MR) is 72.6 cm³/mol. The average molecular weight is 287 g/mol. The molecular weight excluding hydrogens is 272 g/mol. The normalized spacial score (nSPS) is 11.9. The van der Waals surface area contributed by atoms with Crippen molar-refractivity contribution in [2.24, 2.45) is 5.92 Å². The predicted octanol–water partition coefficient (Wildman–Crippen LogP) is 3.16. The summed E-state index contributed by atoms with van der Waals surface area (Å²) in [6.45, 7) is 2.49. The van der Waals surface area contributed by atoms with Crippen LogP contribution in [0.25, 0.3) is 0 Å². The van der Waals surface area contributed by atoms with E-state index in [1.54, 1.807) is 6.07 Å². The van der Waals surface area contributed by atoms with Gasteiger partial charge in [0.15, 0.2) is 0 Å². The van der Waals surface area contributed by atoms with Gasteiger partial charge >= 0.3 is 5.97 Å². The summed E-state index contributed by atoms with van der Waals surface area (Å²) in [6.07, 6.45) is 0.684. The molecule has 1 aromatic carbocycles. The molecule has 1 rings (SSSR count). The van der Waals surface area contributed by atoms with Crippen LogP contribution in [0.2, 0.25) is 5.02 Å². The first-order valence-electron chi connectivity index (χ1n) is 5.79. The molecule has 19 heavy (non-hydrogen) atoms. The molecule has 0 saturated heterocycles. The van der Waals surface area contributed by atoms with Crippen molar-refractivity contribution >= 4 is 28.9 Å². The lowest BCUT2D eigenvalue weighted by Gasteiger charge is -2.13. The first-order chi connectivity index (χ1) is 8.90. The fraction of sp³-hybridized carbons (Fsp3) is 0.417. The molecule has 0 bridgehead atoms. The Morgan fingerprint density at radius 2 is 2.26 bits per heavy atom. The number of non-ortho nitro benzene ring substituents is 1. The monoisotopic (exact) mass is 286 g/mol. The molecule has 2 N–H and O–H groups in total. The van der Waals surface area contributed by atoms with E-state index in [-0.39, 0.29) is 23.0 Å². The average Bonchev–Trinajstić information content (AvgIpc) is 2.34. The van der Waals surface area contributed by atoms with E-state index in [1.807, 2.05) is 6.92 Å². The Labute approximate surface area is 115 Å². The zero-order valence-electron chi connectivity index (χ0n) is 10.4. The second-order valence-corrected chi connectivity index (χ2v) is 4.75. The van der Waals surface area contributed by atoms with Gasteiger partial charge in [-0.3, -0.25) is 14.9 Å². The highest BCUT2D eigenvalue weighted by Gasteiger charge is 2.10. The second-order valence-electron chi connectivity index (χ2n) is 4.34. The van der Waals surface area contributed by atoms with Crippen molar-refractivity contribution in [2.45, 2.75) is 19.8 Å². The van der Waals surface area contributed by atoms with Gasteiger partial charge in [0, 0.05) is 25.1 Å². The maximum atomic E-state index is 10.6. The van der Waals surface area contributed by atoms with Crippen molar-refractivity contribution in [3.05, 3.63) is 33.3 Å². The van der Waals surface area contributed by atoms with Crippen molar-refractivity contribution in [2.75, 3.05) is 11.9 Å². The number of nitro groups is 1. The van der Waals surface area contributed by atoms with Gasteiger partial charge in [-0.2, -0.15) is 0 Å². The number of nitrogens with one attached hydrogen (secondary N) is 1. The van der Waals surface area contributed by atoms with Crippen molar-refractivity contribution in [1.82, 2.24) is 0 Å². The Morgan fingerprint density at radius 1 is 1.58 bits per heavy atom. The lowest BCUT2D eigenvalue weighted by atomic mass is 10.1. The van der Waals surface area contributed by atoms with Gasteiger partial charge in [0.25, 0.3) is 5.69 Å². The number of carbonyl (C=O) groups is 1. The summed E-state index contributed by atoms with van der Waals surface area (Å²) in [5.74, 6) is -0.650. The van der Waals surface area contributed by atoms with E-state index in [2.05, 4.69) is 5.32 Å². The third kappa shape index (κ3) is 5.13. The third-order valence-electron chi connectivity index (χ3n) is 2.66. The van der Waals surface area contributed by atoms with E-state index in [1.165, 1.54) is 12.1 Å². The fourth-order valence-electron chi connectivity index (χ4n) is 1.52. The number of benzene rings is 1. The minimum atomic E-state index is -0.819. The van der Waals surface area contributed by atoms with Gasteiger partial charge in [-0.05, 0) is 18.4 Å². The first kappa shape index (κ1) is 15.2. The zero-order chi connectivity index (χ0) is 14.4. The van der Waals surface area contributed by atoms with Crippen LogP contribution >= 0.6 is 11.6 Å². The van der Waals surface area contributed by atoms with Gasteiger partial charge in [0.2, 0.25) is 0 Å². The number of hydrogen-bond donors (Lipinski definition) is 2. The van der Waals surface area contributed by atoms with Crippen LogP contribution in [0, 0.1) is 16.0 Å². The number of nitrogens with zero attached hydrogens (tertiary/aromatic N) is 1. The molecule has 7 heteroatoms. The number of halogens is 1. The van der Waals surface area contributed by atoms with E-state index in [0.717, 1.165) is 0 Å². The molecule has 104 valence electrons. The van der Waals surface area contributed by atoms with Crippen LogP contribution in [0.4, 0.5) is 11.4 Å². The Balaban J connectivity index is 2.53. The van der Waals surface area contributed by atoms with E-state index in [9.17, 15) is 14.9 Å². The van der Waals surface area contributed by atoms with E-state index in [4.69, 9.17) is 16.7 Å². The molecule has 0 heterocycles. The lowest BCUT2D eigenvalue weighted by molar-refractivity contribution is -0.384. The summed E-state index contributed by atoms with van der Waals surface area (Å²) in [4.78, 5) is 20.5. The quantitative estimate of drug-likeness (QED) is 0.593. The highest BCUT2D eigenvalue weighted by atomic mass is 35.5. The number of anilines is 1. The number of carboxylic acids is 1. The zero-order valence-corrected chi connectivity index (χ0v) is 11.2. The van der Waals surface area contributed by atoms with Gasteiger partial charge in [-0.1, -0.05) is 18.5 Å². The van der Waals surface area contributed by atoms with Gasteiger partial charge in [0.1, 0.15) is 0 Å². The highest BCUT2D eigenvalue weighted by molar-refractivity contribution is 6.33. The molecular formula is C12H15ClN2O4. The fourth-order valence-corrected chi connectivity index (χ4v) is 1.76. The lowest BCUT2D eigenvalue weighted by Crippen LogP contribution is -2.13. The molecule has 0 fully saturated rings. The van der Waals surface area contributed by atoms with Crippen LogP contribution in [0.3, 0.4) is 0 Å². The summed E-state index contributed by atoms with van der Waals surface area (Å²) in [5, 5.41) is 22.5. The standard InChI is InChI=1S/C12H15ClN2O4/c1-8(2-5-12(16)17)7-14-11-4-3-9(15(18)19)6-10(11)13/h3-4,6,8,14H,2,5,7H2,1H3,(H,16,17). The number of rotatable bonds is 7. The van der Waals surface area contributed by atoms with Crippen LogP contribution < -0.4 is 5.32 Å². The summed E-state index contributed by atoms with van der Waals surface area (Å²) >= 11 is 5.92. The van der Waals surface area contributed by atoms with Gasteiger partial charge in [-0.15, -0.1) is 0 Å².